The summed E-state index contributed by atoms with van der Waals surface area (Å²) in [4.78, 5) is 0. The molecule has 0 spiro atoms. The highest BCUT2D eigenvalue weighted by Crippen LogP contribution is 2.28. The Morgan fingerprint density at radius 3 is 1.86 bits per heavy atom. The molecule has 22 heavy (non-hydrogen) atoms. The van der Waals surface area contributed by atoms with Crippen LogP contribution < -0.4 is 0 Å². The number of benzene rings is 1. The average Bonchev–Trinajstić information content (AvgIpc) is 2.52. The molecule has 126 valence electrons. The fourth-order valence-corrected chi connectivity index (χ4v) is 3.10. The molecule has 1 aromatic carbocycles. The quantitative estimate of drug-likeness (QED) is 0.432. The van der Waals surface area contributed by atoms with E-state index >= 15 is 0 Å². The van der Waals surface area contributed by atoms with Crippen molar-refractivity contribution < 1.29 is 5.11 Å². The van der Waals surface area contributed by atoms with Gasteiger partial charge in [0.15, 0.2) is 0 Å². The number of aromatic hydroxyl groups is 1. The maximum absolute atomic E-state index is 10.4. The van der Waals surface area contributed by atoms with Crippen LogP contribution >= 0.6 is 0 Å². The van der Waals surface area contributed by atoms with Crippen molar-refractivity contribution in [1.29, 1.82) is 0 Å². The Morgan fingerprint density at radius 1 is 0.636 bits per heavy atom. The van der Waals surface area contributed by atoms with Gasteiger partial charge in [-0.3, -0.25) is 0 Å². The predicted octanol–water partition coefficient (Wildman–Crippen LogP) is 6.59. The molecule has 0 radical (unpaired) electrons. The second kappa shape index (κ2) is 11.6. The molecular formula is C21H36O. The molecule has 0 aliphatic heterocycles. The van der Waals surface area contributed by atoms with Crippen LogP contribution in [0.2, 0.25) is 0 Å². The van der Waals surface area contributed by atoms with Crippen molar-refractivity contribution in [2.75, 3.05) is 0 Å². The summed E-state index contributed by atoms with van der Waals surface area (Å²) >= 11 is 0. The summed E-state index contributed by atoms with van der Waals surface area (Å²) < 4.78 is 0. The molecule has 0 aliphatic carbocycles. The highest BCUT2D eigenvalue weighted by molar-refractivity contribution is 5.44. The summed E-state index contributed by atoms with van der Waals surface area (Å²) in [6, 6.07) is 4.51. The molecule has 1 rings (SSSR count). The third-order valence-electron chi connectivity index (χ3n) is 4.47. The van der Waals surface area contributed by atoms with E-state index < -0.39 is 0 Å². The van der Waals surface area contributed by atoms with Crippen molar-refractivity contribution in [3.8, 4) is 5.75 Å². The maximum Gasteiger partial charge on any atom is 0.121 e. The Kier molecular flexibility index (Phi) is 10.0. The first-order valence-electron chi connectivity index (χ1n) is 9.56. The zero-order chi connectivity index (χ0) is 16.2. The fraction of sp³-hybridized carbons (Fsp3) is 0.714. The number of aryl methyl sites for hydroxylation is 3. The van der Waals surface area contributed by atoms with Crippen molar-refractivity contribution in [3.05, 3.63) is 28.8 Å². The number of rotatable bonds is 12. The normalized spacial score (nSPS) is 11.0. The molecular weight excluding hydrogens is 268 g/mol. The first kappa shape index (κ1) is 19.1. The van der Waals surface area contributed by atoms with Gasteiger partial charge in [0.2, 0.25) is 0 Å². The zero-order valence-corrected chi connectivity index (χ0v) is 15.1. The van der Waals surface area contributed by atoms with Gasteiger partial charge in [-0.1, -0.05) is 77.8 Å². The lowest BCUT2D eigenvalue weighted by Gasteiger charge is -2.13. The van der Waals surface area contributed by atoms with E-state index in [4.69, 9.17) is 0 Å². The third kappa shape index (κ3) is 6.85. The van der Waals surface area contributed by atoms with E-state index in [1.165, 1.54) is 68.9 Å². The van der Waals surface area contributed by atoms with Crippen molar-refractivity contribution >= 4 is 0 Å². The predicted molar refractivity (Wildman–Crippen MR) is 97.8 cm³/mol. The van der Waals surface area contributed by atoms with Gasteiger partial charge in [0.05, 0.1) is 0 Å². The standard InChI is InChI=1S/C21H36O/c1-4-7-9-10-11-12-14-18-16-19(13-6-3)21(22)20(17-18)15-8-5-2/h16-17,22H,4-15H2,1-3H3. The second-order valence-electron chi connectivity index (χ2n) is 6.63. The SMILES string of the molecule is CCCCCCCCc1cc(CCC)c(O)c(CCCC)c1. The first-order chi connectivity index (χ1) is 10.7. The third-order valence-corrected chi connectivity index (χ3v) is 4.47. The lowest BCUT2D eigenvalue weighted by atomic mass is 9.95. The Hall–Kier alpha value is -0.980. The van der Waals surface area contributed by atoms with Gasteiger partial charge in [-0.05, 0) is 48.8 Å². The van der Waals surface area contributed by atoms with Gasteiger partial charge in [0, 0.05) is 0 Å². The fourth-order valence-electron chi connectivity index (χ4n) is 3.10. The monoisotopic (exact) mass is 304 g/mol. The van der Waals surface area contributed by atoms with Gasteiger partial charge < -0.3 is 5.11 Å². The Morgan fingerprint density at radius 2 is 1.23 bits per heavy atom. The minimum atomic E-state index is 0.571. The highest BCUT2D eigenvalue weighted by Gasteiger charge is 2.09. The van der Waals surface area contributed by atoms with E-state index in [0.29, 0.717) is 5.75 Å². The molecule has 1 heteroatoms. The second-order valence-corrected chi connectivity index (χ2v) is 6.63. The van der Waals surface area contributed by atoms with Gasteiger partial charge >= 0.3 is 0 Å². The molecule has 0 saturated carbocycles. The molecule has 0 bridgehead atoms. The zero-order valence-electron chi connectivity index (χ0n) is 15.1. The number of hydrogen-bond acceptors (Lipinski definition) is 1. The van der Waals surface area contributed by atoms with E-state index in [1.54, 1.807) is 0 Å². The van der Waals surface area contributed by atoms with Crippen LogP contribution in [0, 0.1) is 0 Å². The smallest absolute Gasteiger partial charge is 0.121 e. The minimum absolute atomic E-state index is 0.571. The Balaban J connectivity index is 2.62. The summed E-state index contributed by atoms with van der Waals surface area (Å²) in [6.07, 6.45) is 14.7. The summed E-state index contributed by atoms with van der Waals surface area (Å²) in [7, 11) is 0. The molecule has 0 unspecified atom stereocenters. The van der Waals surface area contributed by atoms with Crippen molar-refractivity contribution in [1.82, 2.24) is 0 Å². The molecule has 0 fully saturated rings. The van der Waals surface area contributed by atoms with E-state index in [2.05, 4.69) is 32.9 Å². The van der Waals surface area contributed by atoms with Gasteiger partial charge in [-0.2, -0.15) is 0 Å². The lowest BCUT2D eigenvalue weighted by Crippen LogP contribution is -1.96. The molecule has 0 aliphatic rings. The van der Waals surface area contributed by atoms with Crippen LogP contribution in [-0.2, 0) is 19.3 Å². The highest BCUT2D eigenvalue weighted by atomic mass is 16.3. The van der Waals surface area contributed by atoms with Crippen LogP contribution in [0.3, 0.4) is 0 Å². The van der Waals surface area contributed by atoms with Gasteiger partial charge in [-0.25, -0.2) is 0 Å². The van der Waals surface area contributed by atoms with Gasteiger partial charge in [0.1, 0.15) is 5.75 Å². The van der Waals surface area contributed by atoms with Crippen LogP contribution in [0.15, 0.2) is 12.1 Å². The van der Waals surface area contributed by atoms with Gasteiger partial charge in [-0.15, -0.1) is 0 Å². The topological polar surface area (TPSA) is 20.2 Å². The molecule has 1 aromatic rings. The molecule has 0 heterocycles. The van der Waals surface area contributed by atoms with Crippen LogP contribution in [-0.4, -0.2) is 5.11 Å². The molecule has 0 atom stereocenters. The van der Waals surface area contributed by atoms with E-state index in [9.17, 15) is 5.11 Å². The molecule has 0 aromatic heterocycles. The lowest BCUT2D eigenvalue weighted by molar-refractivity contribution is 0.458. The maximum atomic E-state index is 10.4. The van der Waals surface area contributed by atoms with E-state index in [-0.39, 0.29) is 0 Å². The van der Waals surface area contributed by atoms with Crippen molar-refractivity contribution in [3.63, 3.8) is 0 Å². The summed E-state index contributed by atoms with van der Waals surface area (Å²) in [5, 5.41) is 10.4. The number of phenolic OH excluding ortho intramolecular Hbond substituents is 1. The summed E-state index contributed by atoms with van der Waals surface area (Å²) in [5.74, 6) is 0.571. The largest absolute Gasteiger partial charge is 0.507 e. The van der Waals surface area contributed by atoms with Crippen LogP contribution in [0.4, 0.5) is 0 Å². The van der Waals surface area contributed by atoms with Crippen molar-refractivity contribution in [2.45, 2.75) is 97.8 Å². The molecule has 0 amide bonds. The Labute approximate surface area is 138 Å². The summed E-state index contributed by atoms with van der Waals surface area (Å²) in [6.45, 7) is 6.67. The van der Waals surface area contributed by atoms with E-state index in [1.807, 2.05) is 0 Å². The summed E-state index contributed by atoms with van der Waals surface area (Å²) in [5.41, 5.74) is 3.77. The minimum Gasteiger partial charge on any atom is -0.507 e. The first-order valence-corrected chi connectivity index (χ1v) is 9.56. The molecule has 1 nitrogen and oxygen atoms in total. The Bertz CT molecular complexity index is 409. The van der Waals surface area contributed by atoms with Crippen LogP contribution in [0.25, 0.3) is 0 Å². The van der Waals surface area contributed by atoms with E-state index in [0.717, 1.165) is 24.8 Å². The molecule has 1 N–H and O–H groups in total. The molecule has 0 saturated heterocycles. The van der Waals surface area contributed by atoms with Gasteiger partial charge in [0.25, 0.3) is 0 Å². The van der Waals surface area contributed by atoms with Crippen molar-refractivity contribution in [2.24, 2.45) is 0 Å². The number of hydrogen-bond donors (Lipinski definition) is 1. The average molecular weight is 305 g/mol. The number of phenols is 1. The number of unbranched alkanes of at least 4 members (excludes halogenated alkanes) is 6. The van der Waals surface area contributed by atoms with Crippen LogP contribution in [0.5, 0.6) is 5.75 Å². The van der Waals surface area contributed by atoms with Crippen LogP contribution in [0.1, 0.15) is 95.2 Å².